The molecule has 0 bridgehead atoms. The van der Waals surface area contributed by atoms with Crippen molar-refractivity contribution in [2.75, 3.05) is 20.3 Å². The van der Waals surface area contributed by atoms with Crippen molar-refractivity contribution in [3.05, 3.63) is 0 Å². The zero-order valence-electron chi connectivity index (χ0n) is 7.88. The smallest absolute Gasteiger partial charge is 0.140 e. The van der Waals surface area contributed by atoms with E-state index < -0.39 is 0 Å². The highest BCUT2D eigenvalue weighted by Gasteiger charge is 2.31. The average Bonchev–Trinajstić information content (AvgIpc) is 2.61. The van der Waals surface area contributed by atoms with E-state index >= 15 is 0 Å². The molecule has 0 spiro atoms. The van der Waals surface area contributed by atoms with Gasteiger partial charge in [-0.2, -0.15) is 0 Å². The first kappa shape index (κ1) is 10.2. The summed E-state index contributed by atoms with van der Waals surface area (Å²) in [5.74, 6) is 2.69. The van der Waals surface area contributed by atoms with Crippen LogP contribution in [0.2, 0.25) is 0 Å². The van der Waals surface area contributed by atoms with Crippen molar-refractivity contribution in [2.24, 2.45) is 5.92 Å². The molecular formula is C10H15NO2. The van der Waals surface area contributed by atoms with Crippen LogP contribution >= 0.6 is 0 Å². The maximum absolute atomic E-state index is 11.6. The number of carbonyl (C=O) groups excluding carboxylic acids is 1. The van der Waals surface area contributed by atoms with Gasteiger partial charge in [0.05, 0.1) is 19.1 Å². The summed E-state index contributed by atoms with van der Waals surface area (Å²) in [6.45, 7) is 1.16. The number of hydrogen-bond acceptors (Lipinski definition) is 3. The first-order valence-electron chi connectivity index (χ1n) is 4.50. The fraction of sp³-hybridized carbons (Fsp3) is 0.700. The average molecular weight is 181 g/mol. The van der Waals surface area contributed by atoms with Crippen LogP contribution in [0.4, 0.5) is 0 Å². The third kappa shape index (κ3) is 2.55. The molecule has 0 radical (unpaired) electrons. The molecule has 1 N–H and O–H groups in total. The Hall–Kier alpha value is -0.850. The van der Waals surface area contributed by atoms with Gasteiger partial charge in [-0.1, -0.05) is 0 Å². The van der Waals surface area contributed by atoms with Crippen LogP contribution in [-0.4, -0.2) is 32.1 Å². The quantitative estimate of drug-likeness (QED) is 0.630. The summed E-state index contributed by atoms with van der Waals surface area (Å²) < 4.78 is 5.23. The van der Waals surface area contributed by atoms with E-state index in [1.807, 2.05) is 7.05 Å². The third-order valence-electron chi connectivity index (χ3n) is 2.38. The molecule has 0 saturated carbocycles. The highest BCUT2D eigenvalue weighted by atomic mass is 16.5. The van der Waals surface area contributed by atoms with E-state index in [4.69, 9.17) is 11.2 Å². The van der Waals surface area contributed by atoms with Crippen molar-refractivity contribution < 1.29 is 9.53 Å². The lowest BCUT2D eigenvalue weighted by atomic mass is 9.96. The molecule has 1 heterocycles. The van der Waals surface area contributed by atoms with Gasteiger partial charge in [0.1, 0.15) is 5.78 Å². The number of ketones is 1. The summed E-state index contributed by atoms with van der Waals surface area (Å²) in [6.07, 6.45) is 6.10. The summed E-state index contributed by atoms with van der Waals surface area (Å²) in [4.78, 5) is 11.6. The van der Waals surface area contributed by atoms with Gasteiger partial charge in [0.25, 0.3) is 0 Å². The molecule has 2 unspecified atom stereocenters. The fourth-order valence-electron chi connectivity index (χ4n) is 1.54. The number of carbonyl (C=O) groups is 1. The molecule has 72 valence electrons. The van der Waals surface area contributed by atoms with Crippen molar-refractivity contribution >= 4 is 5.78 Å². The second kappa shape index (κ2) is 5.00. The van der Waals surface area contributed by atoms with Crippen LogP contribution in [0.5, 0.6) is 0 Å². The summed E-state index contributed by atoms with van der Waals surface area (Å²) in [6, 6.07) is 0.172. The predicted molar refractivity (Wildman–Crippen MR) is 50.2 cm³/mol. The first-order chi connectivity index (χ1) is 6.29. The fourth-order valence-corrected chi connectivity index (χ4v) is 1.54. The molecule has 0 aromatic carbocycles. The Bertz CT molecular complexity index is 219. The normalized spacial score (nSPS) is 27.1. The molecule has 3 nitrogen and oxygen atoms in total. The summed E-state index contributed by atoms with van der Waals surface area (Å²) in [7, 11) is 1.85. The van der Waals surface area contributed by atoms with E-state index in [9.17, 15) is 4.79 Å². The van der Waals surface area contributed by atoms with Crippen molar-refractivity contribution in [3.8, 4) is 12.3 Å². The maximum atomic E-state index is 11.6. The minimum absolute atomic E-state index is 0.00153. The van der Waals surface area contributed by atoms with Crippen LogP contribution in [0.1, 0.15) is 12.8 Å². The Labute approximate surface area is 78.8 Å². The zero-order chi connectivity index (χ0) is 9.68. The molecule has 1 fully saturated rings. The molecule has 1 aliphatic rings. The van der Waals surface area contributed by atoms with Crippen LogP contribution in [0.15, 0.2) is 0 Å². The van der Waals surface area contributed by atoms with Gasteiger partial charge in [-0.3, -0.25) is 4.79 Å². The molecule has 3 heteroatoms. The van der Waals surface area contributed by atoms with Gasteiger partial charge < -0.3 is 10.1 Å². The van der Waals surface area contributed by atoms with Crippen molar-refractivity contribution in [3.63, 3.8) is 0 Å². The van der Waals surface area contributed by atoms with Gasteiger partial charge in [0.15, 0.2) is 0 Å². The molecule has 2 atom stereocenters. The Morgan fingerprint density at radius 1 is 1.69 bits per heavy atom. The SMILES string of the molecule is C#CCCC(=O)C1COCC1NC. The number of ether oxygens (including phenoxy) is 1. The van der Waals surface area contributed by atoms with E-state index in [1.54, 1.807) is 0 Å². The minimum atomic E-state index is -0.00153. The summed E-state index contributed by atoms with van der Waals surface area (Å²) >= 11 is 0. The number of Topliss-reactive ketones (excluding diaryl/α,β-unsaturated/α-hetero) is 1. The van der Waals surface area contributed by atoms with E-state index in [0.29, 0.717) is 26.1 Å². The highest BCUT2D eigenvalue weighted by Crippen LogP contribution is 2.16. The molecule has 1 saturated heterocycles. The van der Waals surface area contributed by atoms with E-state index in [0.717, 1.165) is 0 Å². The van der Waals surface area contributed by atoms with Gasteiger partial charge in [-0.25, -0.2) is 0 Å². The van der Waals surface area contributed by atoms with Crippen molar-refractivity contribution in [2.45, 2.75) is 18.9 Å². The van der Waals surface area contributed by atoms with Gasteiger partial charge in [0.2, 0.25) is 0 Å². The van der Waals surface area contributed by atoms with Crippen LogP contribution < -0.4 is 5.32 Å². The van der Waals surface area contributed by atoms with Gasteiger partial charge >= 0.3 is 0 Å². The molecular weight excluding hydrogens is 166 g/mol. The van der Waals surface area contributed by atoms with Crippen LogP contribution in [0.25, 0.3) is 0 Å². The number of likely N-dealkylation sites (N-methyl/N-ethyl adjacent to an activating group) is 1. The van der Waals surface area contributed by atoms with Crippen LogP contribution in [0, 0.1) is 18.3 Å². The van der Waals surface area contributed by atoms with Crippen molar-refractivity contribution in [1.82, 2.24) is 5.32 Å². The van der Waals surface area contributed by atoms with E-state index in [1.165, 1.54) is 0 Å². The molecule has 0 aromatic heterocycles. The number of terminal acetylenes is 1. The first-order valence-corrected chi connectivity index (χ1v) is 4.50. The molecule has 1 aliphatic heterocycles. The van der Waals surface area contributed by atoms with Crippen molar-refractivity contribution in [1.29, 1.82) is 0 Å². The summed E-state index contributed by atoms with van der Waals surface area (Å²) in [5, 5.41) is 3.07. The molecule has 0 aliphatic carbocycles. The highest BCUT2D eigenvalue weighted by molar-refractivity contribution is 5.82. The number of rotatable bonds is 4. The number of hydrogen-bond donors (Lipinski definition) is 1. The second-order valence-electron chi connectivity index (χ2n) is 3.21. The van der Waals surface area contributed by atoms with Gasteiger partial charge in [0, 0.05) is 18.9 Å². The molecule has 0 aromatic rings. The molecule has 1 rings (SSSR count). The van der Waals surface area contributed by atoms with Gasteiger partial charge in [-0.15, -0.1) is 12.3 Å². The Balaban J connectivity index is 2.41. The van der Waals surface area contributed by atoms with Gasteiger partial charge in [-0.05, 0) is 7.05 Å². The second-order valence-corrected chi connectivity index (χ2v) is 3.21. The van der Waals surface area contributed by atoms with E-state index in [2.05, 4.69) is 11.2 Å². The topological polar surface area (TPSA) is 38.3 Å². The van der Waals surface area contributed by atoms with E-state index in [-0.39, 0.29) is 17.7 Å². The predicted octanol–water partition coefficient (Wildman–Crippen LogP) is 0.203. The third-order valence-corrected chi connectivity index (χ3v) is 2.38. The Kier molecular flexibility index (Phi) is 3.94. The zero-order valence-corrected chi connectivity index (χ0v) is 7.88. The Morgan fingerprint density at radius 2 is 2.46 bits per heavy atom. The molecule has 13 heavy (non-hydrogen) atoms. The standard InChI is InChI=1S/C10H15NO2/c1-3-4-5-10(12)8-6-13-7-9(8)11-2/h1,8-9,11H,4-7H2,2H3. The monoisotopic (exact) mass is 181 g/mol. The largest absolute Gasteiger partial charge is 0.379 e. The number of nitrogens with one attached hydrogen (secondary N) is 1. The van der Waals surface area contributed by atoms with Crippen LogP contribution in [0.3, 0.4) is 0 Å². The molecule has 0 amide bonds. The lowest BCUT2D eigenvalue weighted by molar-refractivity contribution is -0.123. The maximum Gasteiger partial charge on any atom is 0.140 e. The summed E-state index contributed by atoms with van der Waals surface area (Å²) in [5.41, 5.74) is 0. The lowest BCUT2D eigenvalue weighted by Gasteiger charge is -2.14. The Morgan fingerprint density at radius 3 is 3.08 bits per heavy atom. The lowest BCUT2D eigenvalue weighted by Crippen LogP contribution is -2.36. The van der Waals surface area contributed by atoms with Crippen LogP contribution in [-0.2, 0) is 9.53 Å². The minimum Gasteiger partial charge on any atom is -0.379 e.